The van der Waals surface area contributed by atoms with Crippen molar-refractivity contribution in [1.82, 2.24) is 4.90 Å². The van der Waals surface area contributed by atoms with E-state index < -0.39 is 0 Å². The van der Waals surface area contributed by atoms with Crippen LogP contribution in [0.2, 0.25) is 0 Å². The van der Waals surface area contributed by atoms with E-state index in [4.69, 9.17) is 4.74 Å². The smallest absolute Gasteiger partial charge is 0.0857 e. The largest absolute Gasteiger partial charge is 0.373 e. The molecule has 2 aliphatic carbocycles. The summed E-state index contributed by atoms with van der Waals surface area (Å²) in [5.74, 6) is 1.71. The van der Waals surface area contributed by atoms with Gasteiger partial charge >= 0.3 is 0 Å². The molecule has 1 saturated carbocycles. The fraction of sp³-hybridized carbons (Fsp3) is 0.750. The maximum absolute atomic E-state index is 6.15. The second kappa shape index (κ2) is 6.95. The molecule has 2 heterocycles. The third-order valence-electron chi connectivity index (χ3n) is 8.32. The first-order valence-electron chi connectivity index (χ1n) is 11.3. The lowest BCUT2D eigenvalue weighted by Crippen LogP contribution is -2.51. The number of ether oxygens (including phenoxy) is 1. The fourth-order valence-corrected chi connectivity index (χ4v) is 6.93. The van der Waals surface area contributed by atoms with E-state index in [1.165, 1.54) is 76.4 Å². The Labute approximate surface area is 159 Å². The van der Waals surface area contributed by atoms with Crippen molar-refractivity contribution in [2.75, 3.05) is 19.7 Å². The summed E-state index contributed by atoms with van der Waals surface area (Å²) in [5.41, 5.74) is 3.59. The molecule has 3 unspecified atom stereocenters. The van der Waals surface area contributed by atoms with Gasteiger partial charge < -0.3 is 9.64 Å². The van der Waals surface area contributed by atoms with E-state index in [1.54, 1.807) is 5.56 Å². The molecule has 4 aliphatic rings. The van der Waals surface area contributed by atoms with Crippen LogP contribution in [0.1, 0.15) is 81.9 Å². The highest BCUT2D eigenvalue weighted by atomic mass is 16.5. The van der Waals surface area contributed by atoms with Crippen LogP contribution in [-0.4, -0.2) is 30.6 Å². The van der Waals surface area contributed by atoms with Crippen LogP contribution >= 0.6 is 0 Å². The summed E-state index contributed by atoms with van der Waals surface area (Å²) in [7, 11) is 0. The van der Waals surface area contributed by atoms with Gasteiger partial charge in [-0.15, -0.1) is 0 Å². The van der Waals surface area contributed by atoms with E-state index in [9.17, 15) is 0 Å². The van der Waals surface area contributed by atoms with Crippen LogP contribution in [0.4, 0.5) is 0 Å². The van der Waals surface area contributed by atoms with E-state index in [-0.39, 0.29) is 0 Å². The molecule has 0 aromatic heterocycles. The second-order valence-electron chi connectivity index (χ2n) is 9.47. The van der Waals surface area contributed by atoms with Crippen molar-refractivity contribution < 1.29 is 4.74 Å². The van der Waals surface area contributed by atoms with Crippen molar-refractivity contribution in [3.8, 4) is 0 Å². The van der Waals surface area contributed by atoms with Gasteiger partial charge in [0.25, 0.3) is 0 Å². The van der Waals surface area contributed by atoms with Crippen LogP contribution in [0.3, 0.4) is 0 Å². The minimum atomic E-state index is 0.387. The average Bonchev–Trinajstić information content (AvgIpc) is 3.17. The van der Waals surface area contributed by atoms with Crippen LogP contribution in [0, 0.1) is 11.8 Å². The van der Waals surface area contributed by atoms with Crippen molar-refractivity contribution in [1.29, 1.82) is 0 Å². The lowest BCUT2D eigenvalue weighted by atomic mass is 9.60. The number of hydrogen-bond acceptors (Lipinski definition) is 2. The molecule has 142 valence electrons. The highest BCUT2D eigenvalue weighted by molar-refractivity contribution is 5.40. The standard InChI is InChI=1S/C24H35NO/c1-2-18-7-3-6-10-22(18)25-14-12-24(13-15-25)17-19-11-16-26-23(19)20-8-4-5-9-21(20)24/h4-5,8-9,18-19,22-23H,2-3,6-7,10-17H2,1H3/t18-,19?,22?,23?/m0/s1. The molecule has 0 bridgehead atoms. The lowest BCUT2D eigenvalue weighted by Gasteiger charge is -2.51. The van der Waals surface area contributed by atoms with Gasteiger partial charge in [0.1, 0.15) is 0 Å². The van der Waals surface area contributed by atoms with Crippen LogP contribution in [0.15, 0.2) is 24.3 Å². The number of nitrogens with zero attached hydrogens (tertiary/aromatic N) is 1. The van der Waals surface area contributed by atoms with Gasteiger partial charge in [0.2, 0.25) is 0 Å². The third kappa shape index (κ3) is 2.76. The number of piperidine rings is 1. The van der Waals surface area contributed by atoms with Crippen molar-refractivity contribution in [3.05, 3.63) is 35.4 Å². The molecule has 0 amide bonds. The molecule has 5 rings (SSSR count). The maximum Gasteiger partial charge on any atom is 0.0857 e. The molecule has 2 saturated heterocycles. The van der Waals surface area contributed by atoms with E-state index in [0.717, 1.165) is 24.5 Å². The highest BCUT2D eigenvalue weighted by Gasteiger charge is 2.48. The number of fused-ring (bicyclic) bond motifs is 4. The molecule has 0 N–H and O–H groups in total. The lowest BCUT2D eigenvalue weighted by molar-refractivity contribution is 0.0276. The Balaban J connectivity index is 1.38. The normalized spacial score (nSPS) is 36.7. The predicted molar refractivity (Wildman–Crippen MR) is 106 cm³/mol. The minimum absolute atomic E-state index is 0.387. The Morgan fingerprint density at radius 3 is 2.73 bits per heavy atom. The molecule has 1 aromatic rings. The molecule has 26 heavy (non-hydrogen) atoms. The van der Waals surface area contributed by atoms with Gasteiger partial charge in [-0.25, -0.2) is 0 Å². The Bertz CT molecular complexity index is 633. The molecule has 2 heteroatoms. The quantitative estimate of drug-likeness (QED) is 0.699. The van der Waals surface area contributed by atoms with Crippen molar-refractivity contribution in [3.63, 3.8) is 0 Å². The molecular formula is C24H35NO. The van der Waals surface area contributed by atoms with Crippen molar-refractivity contribution in [2.24, 2.45) is 11.8 Å². The topological polar surface area (TPSA) is 12.5 Å². The zero-order valence-corrected chi connectivity index (χ0v) is 16.5. The predicted octanol–water partition coefficient (Wildman–Crippen LogP) is 5.47. The first-order chi connectivity index (χ1) is 12.8. The Kier molecular flexibility index (Phi) is 4.61. The maximum atomic E-state index is 6.15. The molecule has 3 fully saturated rings. The summed E-state index contributed by atoms with van der Waals surface area (Å²) in [4.78, 5) is 2.89. The van der Waals surface area contributed by atoms with Crippen molar-refractivity contribution in [2.45, 2.75) is 82.3 Å². The summed E-state index contributed by atoms with van der Waals surface area (Å²) in [6.45, 7) is 6.00. The minimum Gasteiger partial charge on any atom is -0.373 e. The summed E-state index contributed by atoms with van der Waals surface area (Å²) < 4.78 is 6.15. The van der Waals surface area contributed by atoms with Gasteiger partial charge in [-0.05, 0) is 80.0 Å². The van der Waals surface area contributed by atoms with Crippen LogP contribution < -0.4 is 0 Å². The van der Waals surface area contributed by atoms with Gasteiger partial charge in [-0.2, -0.15) is 0 Å². The summed E-state index contributed by atoms with van der Waals surface area (Å²) in [5, 5.41) is 0. The number of rotatable bonds is 2. The molecule has 1 spiro atoms. The highest BCUT2D eigenvalue weighted by Crippen LogP contribution is 2.54. The van der Waals surface area contributed by atoms with Gasteiger partial charge in [-0.3, -0.25) is 0 Å². The molecule has 2 nitrogen and oxygen atoms in total. The molecule has 0 radical (unpaired) electrons. The van der Waals surface area contributed by atoms with Gasteiger partial charge in [-0.1, -0.05) is 50.5 Å². The van der Waals surface area contributed by atoms with E-state index >= 15 is 0 Å². The second-order valence-corrected chi connectivity index (χ2v) is 9.47. The Morgan fingerprint density at radius 1 is 1.08 bits per heavy atom. The fourth-order valence-electron chi connectivity index (χ4n) is 6.93. The van der Waals surface area contributed by atoms with Crippen LogP contribution in [-0.2, 0) is 10.2 Å². The van der Waals surface area contributed by atoms with Crippen LogP contribution in [0.25, 0.3) is 0 Å². The molecule has 4 atom stereocenters. The monoisotopic (exact) mass is 353 g/mol. The number of hydrogen-bond donors (Lipinski definition) is 0. The first-order valence-corrected chi connectivity index (χ1v) is 11.3. The van der Waals surface area contributed by atoms with E-state index in [0.29, 0.717) is 11.5 Å². The first kappa shape index (κ1) is 17.3. The van der Waals surface area contributed by atoms with E-state index in [1.807, 2.05) is 0 Å². The third-order valence-corrected chi connectivity index (χ3v) is 8.32. The molecule has 1 aromatic carbocycles. The van der Waals surface area contributed by atoms with Gasteiger partial charge in [0, 0.05) is 12.6 Å². The number of benzene rings is 1. The van der Waals surface area contributed by atoms with E-state index in [2.05, 4.69) is 36.1 Å². The van der Waals surface area contributed by atoms with Crippen molar-refractivity contribution >= 4 is 0 Å². The van der Waals surface area contributed by atoms with Gasteiger partial charge in [0.15, 0.2) is 0 Å². The summed E-state index contributed by atoms with van der Waals surface area (Å²) >= 11 is 0. The summed E-state index contributed by atoms with van der Waals surface area (Å²) in [6.07, 6.45) is 12.9. The van der Waals surface area contributed by atoms with Gasteiger partial charge in [0.05, 0.1) is 6.10 Å². The Hall–Kier alpha value is -0.860. The summed E-state index contributed by atoms with van der Waals surface area (Å²) in [6, 6.07) is 10.1. The average molecular weight is 354 g/mol. The number of likely N-dealkylation sites (tertiary alicyclic amines) is 1. The Morgan fingerprint density at radius 2 is 1.88 bits per heavy atom. The SMILES string of the molecule is CC[C@H]1CCCCC1N1CCC2(CC1)CC1CCOC1c1ccccc12. The zero-order valence-electron chi connectivity index (χ0n) is 16.5. The molecular weight excluding hydrogens is 318 g/mol. The zero-order chi connectivity index (χ0) is 17.6. The van der Waals surface area contributed by atoms with Crippen LogP contribution in [0.5, 0.6) is 0 Å². The molecule has 2 aliphatic heterocycles.